The maximum Gasteiger partial charge on any atom is 0.106 e. The topological polar surface area (TPSA) is 50.1 Å². The van der Waals surface area contributed by atoms with Gasteiger partial charge >= 0.3 is 0 Å². The van der Waals surface area contributed by atoms with Gasteiger partial charge in [-0.2, -0.15) is 0 Å². The van der Waals surface area contributed by atoms with Crippen LogP contribution in [0.2, 0.25) is 0 Å². The molecule has 0 fully saturated rings. The number of aromatic nitrogens is 2. The summed E-state index contributed by atoms with van der Waals surface area (Å²) in [5.41, 5.74) is 3.10. The number of hydrogen-bond donors (Lipinski definition) is 2. The fourth-order valence-corrected chi connectivity index (χ4v) is 1.87. The van der Waals surface area contributed by atoms with Crippen LogP contribution in [0, 0.1) is 6.92 Å². The Labute approximate surface area is 108 Å². The smallest absolute Gasteiger partial charge is 0.106 e. The van der Waals surface area contributed by atoms with Gasteiger partial charge in [0.15, 0.2) is 0 Å². The van der Waals surface area contributed by atoms with E-state index in [-0.39, 0.29) is 12.1 Å². The molecule has 4 heteroatoms. The number of aliphatic hydroxyl groups is 1. The number of aryl methyl sites for hydroxylation is 2. The number of benzene rings is 1. The van der Waals surface area contributed by atoms with Gasteiger partial charge < -0.3 is 15.0 Å². The van der Waals surface area contributed by atoms with Crippen molar-refractivity contribution in [3.8, 4) is 0 Å². The van der Waals surface area contributed by atoms with E-state index in [4.69, 9.17) is 0 Å². The van der Waals surface area contributed by atoms with Crippen molar-refractivity contribution in [2.75, 3.05) is 6.61 Å². The van der Waals surface area contributed by atoms with E-state index < -0.39 is 0 Å². The van der Waals surface area contributed by atoms with Crippen molar-refractivity contribution in [2.45, 2.75) is 32.9 Å². The molecule has 0 saturated carbocycles. The number of hydrogen-bond acceptors (Lipinski definition) is 3. The van der Waals surface area contributed by atoms with Crippen LogP contribution in [-0.4, -0.2) is 26.8 Å². The highest BCUT2D eigenvalue weighted by Gasteiger charge is 2.15. The summed E-state index contributed by atoms with van der Waals surface area (Å²) in [5, 5.41) is 12.5. The van der Waals surface area contributed by atoms with Gasteiger partial charge in [-0.3, -0.25) is 0 Å². The number of nitrogens with zero attached hydrogens (tertiary/aromatic N) is 2. The van der Waals surface area contributed by atoms with Crippen molar-refractivity contribution in [3.63, 3.8) is 0 Å². The van der Waals surface area contributed by atoms with Crippen molar-refractivity contribution in [1.82, 2.24) is 14.9 Å². The summed E-state index contributed by atoms with van der Waals surface area (Å²) in [5.74, 6) is 1.02. The Morgan fingerprint density at radius 2 is 2.11 bits per heavy atom. The number of rotatable bonds is 4. The summed E-state index contributed by atoms with van der Waals surface area (Å²) in [6.07, 6.45) is 0. The SMILES string of the molecule is Cc1nc2cc(CNC(C)(C)CO)ccc2n1C. The maximum absolute atomic E-state index is 9.21. The molecule has 18 heavy (non-hydrogen) atoms. The highest BCUT2D eigenvalue weighted by atomic mass is 16.3. The molecule has 0 aliphatic carbocycles. The molecule has 1 aromatic heterocycles. The minimum atomic E-state index is -0.255. The van der Waals surface area contributed by atoms with Gasteiger partial charge in [0.25, 0.3) is 0 Å². The van der Waals surface area contributed by atoms with Gasteiger partial charge in [-0.1, -0.05) is 6.07 Å². The van der Waals surface area contributed by atoms with Crippen molar-refractivity contribution in [1.29, 1.82) is 0 Å². The van der Waals surface area contributed by atoms with E-state index in [0.717, 1.165) is 23.4 Å². The Balaban J connectivity index is 2.20. The summed E-state index contributed by atoms with van der Waals surface area (Å²) in [7, 11) is 2.03. The van der Waals surface area contributed by atoms with Gasteiger partial charge in [-0.15, -0.1) is 0 Å². The zero-order valence-electron chi connectivity index (χ0n) is 11.5. The van der Waals surface area contributed by atoms with Crippen LogP contribution < -0.4 is 5.32 Å². The normalized spacial score (nSPS) is 12.3. The lowest BCUT2D eigenvalue weighted by Gasteiger charge is -2.23. The van der Waals surface area contributed by atoms with Gasteiger partial charge in [-0.05, 0) is 38.5 Å². The summed E-state index contributed by atoms with van der Waals surface area (Å²) in [6.45, 7) is 6.83. The third-order valence-electron chi connectivity index (χ3n) is 3.34. The zero-order valence-corrected chi connectivity index (χ0v) is 11.5. The van der Waals surface area contributed by atoms with Crippen LogP contribution in [0.15, 0.2) is 18.2 Å². The van der Waals surface area contributed by atoms with Gasteiger partial charge in [0.2, 0.25) is 0 Å². The molecule has 2 rings (SSSR count). The number of fused-ring (bicyclic) bond motifs is 1. The summed E-state index contributed by atoms with van der Waals surface area (Å²) in [4.78, 5) is 4.52. The molecule has 0 bridgehead atoms. The molecule has 2 N–H and O–H groups in total. The van der Waals surface area contributed by atoms with Crippen LogP contribution in [0.5, 0.6) is 0 Å². The lowest BCUT2D eigenvalue weighted by molar-refractivity contribution is 0.187. The van der Waals surface area contributed by atoms with E-state index in [9.17, 15) is 5.11 Å². The van der Waals surface area contributed by atoms with E-state index in [1.807, 2.05) is 27.8 Å². The molecule has 0 aliphatic heterocycles. The first kappa shape index (κ1) is 13.1. The standard InChI is InChI=1S/C14H21N3O/c1-10-16-12-7-11(5-6-13(12)17(10)4)8-15-14(2,3)9-18/h5-7,15,18H,8-9H2,1-4H3. The fourth-order valence-electron chi connectivity index (χ4n) is 1.87. The van der Waals surface area contributed by atoms with E-state index in [1.54, 1.807) is 0 Å². The maximum atomic E-state index is 9.21. The van der Waals surface area contributed by atoms with E-state index >= 15 is 0 Å². The highest BCUT2D eigenvalue weighted by molar-refractivity contribution is 5.76. The quantitative estimate of drug-likeness (QED) is 0.865. The Kier molecular flexibility index (Phi) is 3.41. The molecule has 2 aromatic rings. The Morgan fingerprint density at radius 1 is 1.39 bits per heavy atom. The van der Waals surface area contributed by atoms with Gasteiger partial charge in [0.05, 0.1) is 17.6 Å². The first-order valence-corrected chi connectivity index (χ1v) is 6.21. The largest absolute Gasteiger partial charge is 0.394 e. The molecule has 0 spiro atoms. The molecule has 4 nitrogen and oxygen atoms in total. The molecule has 98 valence electrons. The van der Waals surface area contributed by atoms with Gasteiger partial charge in [-0.25, -0.2) is 4.98 Å². The van der Waals surface area contributed by atoms with Crippen LogP contribution in [0.4, 0.5) is 0 Å². The van der Waals surface area contributed by atoms with Crippen molar-refractivity contribution in [3.05, 3.63) is 29.6 Å². The fraction of sp³-hybridized carbons (Fsp3) is 0.500. The lowest BCUT2D eigenvalue weighted by atomic mass is 10.1. The van der Waals surface area contributed by atoms with Crippen LogP contribution >= 0.6 is 0 Å². The first-order chi connectivity index (χ1) is 8.43. The second-order valence-corrected chi connectivity index (χ2v) is 5.44. The van der Waals surface area contributed by atoms with Crippen molar-refractivity contribution >= 4 is 11.0 Å². The highest BCUT2D eigenvalue weighted by Crippen LogP contribution is 2.16. The monoisotopic (exact) mass is 247 g/mol. The minimum absolute atomic E-state index is 0.123. The van der Waals surface area contributed by atoms with Crippen molar-refractivity contribution < 1.29 is 5.11 Å². The average Bonchev–Trinajstić information content (AvgIpc) is 2.62. The molecule has 0 unspecified atom stereocenters. The van der Waals surface area contributed by atoms with Crippen LogP contribution in [0.1, 0.15) is 25.2 Å². The molecular weight excluding hydrogens is 226 g/mol. The van der Waals surface area contributed by atoms with Crippen LogP contribution in [0.25, 0.3) is 11.0 Å². The second kappa shape index (κ2) is 4.71. The minimum Gasteiger partial charge on any atom is -0.394 e. The predicted molar refractivity (Wildman–Crippen MR) is 73.5 cm³/mol. The number of aliphatic hydroxyl groups excluding tert-OH is 1. The van der Waals surface area contributed by atoms with Gasteiger partial charge in [0.1, 0.15) is 5.82 Å². The molecule has 0 amide bonds. The third-order valence-corrected chi connectivity index (χ3v) is 3.34. The van der Waals surface area contributed by atoms with E-state index in [0.29, 0.717) is 0 Å². The molecule has 0 atom stereocenters. The number of imidazole rings is 1. The average molecular weight is 247 g/mol. The molecule has 0 aliphatic rings. The summed E-state index contributed by atoms with van der Waals surface area (Å²) < 4.78 is 2.09. The lowest BCUT2D eigenvalue weighted by Crippen LogP contribution is -2.42. The van der Waals surface area contributed by atoms with Crippen LogP contribution in [-0.2, 0) is 13.6 Å². The Morgan fingerprint density at radius 3 is 2.78 bits per heavy atom. The molecular formula is C14H21N3O. The Bertz CT molecular complexity index is 557. The van der Waals surface area contributed by atoms with Gasteiger partial charge in [0, 0.05) is 19.1 Å². The predicted octanol–water partition coefficient (Wildman–Crippen LogP) is 1.74. The molecule has 0 saturated heterocycles. The number of nitrogens with one attached hydrogen (secondary N) is 1. The third kappa shape index (κ3) is 2.54. The summed E-state index contributed by atoms with van der Waals surface area (Å²) in [6, 6.07) is 6.30. The first-order valence-electron chi connectivity index (χ1n) is 6.21. The zero-order chi connectivity index (χ0) is 13.3. The van der Waals surface area contributed by atoms with Crippen LogP contribution in [0.3, 0.4) is 0 Å². The van der Waals surface area contributed by atoms with E-state index in [2.05, 4.69) is 33.1 Å². The second-order valence-electron chi connectivity index (χ2n) is 5.44. The summed E-state index contributed by atoms with van der Waals surface area (Å²) >= 11 is 0. The van der Waals surface area contributed by atoms with Crippen molar-refractivity contribution in [2.24, 2.45) is 7.05 Å². The van der Waals surface area contributed by atoms with E-state index in [1.165, 1.54) is 5.56 Å². The Hall–Kier alpha value is -1.39. The molecule has 1 aromatic carbocycles. The molecule has 1 heterocycles. The molecule has 0 radical (unpaired) electrons.